The maximum Gasteiger partial charge on any atom is 0.251 e. The van der Waals surface area contributed by atoms with E-state index in [0.717, 1.165) is 30.5 Å². The van der Waals surface area contributed by atoms with Crippen molar-refractivity contribution >= 4 is 17.5 Å². The second-order valence-electron chi connectivity index (χ2n) is 6.54. The fourth-order valence-corrected chi connectivity index (χ4v) is 2.75. The lowest BCUT2D eigenvalue weighted by molar-refractivity contribution is -0.116. The fraction of sp³-hybridized carbons (Fsp3) is 0.364. The molecule has 0 radical (unpaired) electrons. The molecule has 2 aromatic rings. The molecule has 0 heterocycles. The molecule has 0 aromatic heterocycles. The molecule has 26 heavy (non-hydrogen) atoms. The molecule has 1 unspecified atom stereocenters. The number of anilines is 1. The predicted molar refractivity (Wildman–Crippen MR) is 106 cm³/mol. The molecule has 138 valence electrons. The minimum atomic E-state index is -0.126. The molecule has 4 heteroatoms. The van der Waals surface area contributed by atoms with Gasteiger partial charge in [0.15, 0.2) is 0 Å². The summed E-state index contributed by atoms with van der Waals surface area (Å²) in [4.78, 5) is 24.3. The second-order valence-corrected chi connectivity index (χ2v) is 6.54. The van der Waals surface area contributed by atoms with Crippen LogP contribution in [0.2, 0.25) is 0 Å². The molecule has 1 atom stereocenters. The quantitative estimate of drug-likeness (QED) is 0.618. The zero-order chi connectivity index (χ0) is 18.8. The van der Waals surface area contributed by atoms with E-state index in [1.54, 1.807) is 24.3 Å². The topological polar surface area (TPSA) is 58.2 Å². The van der Waals surface area contributed by atoms with Gasteiger partial charge in [0, 0.05) is 17.7 Å². The first-order valence-corrected chi connectivity index (χ1v) is 9.36. The van der Waals surface area contributed by atoms with Gasteiger partial charge in [-0.2, -0.15) is 0 Å². The molecule has 0 aliphatic carbocycles. The number of nitrogens with one attached hydrogen (secondary N) is 2. The van der Waals surface area contributed by atoms with Crippen molar-refractivity contribution in [3.05, 3.63) is 65.7 Å². The van der Waals surface area contributed by atoms with Crippen LogP contribution in [-0.4, -0.2) is 11.8 Å². The van der Waals surface area contributed by atoms with Crippen LogP contribution in [0.5, 0.6) is 0 Å². The second kappa shape index (κ2) is 10.4. The van der Waals surface area contributed by atoms with Crippen LogP contribution in [0.15, 0.2) is 54.6 Å². The Balaban J connectivity index is 1.84. The fourth-order valence-electron chi connectivity index (χ4n) is 2.75. The summed E-state index contributed by atoms with van der Waals surface area (Å²) < 4.78 is 0. The van der Waals surface area contributed by atoms with E-state index in [-0.39, 0.29) is 17.9 Å². The molecule has 0 saturated carbocycles. The Labute approximate surface area is 156 Å². The highest BCUT2D eigenvalue weighted by molar-refractivity contribution is 5.96. The number of amides is 2. The summed E-state index contributed by atoms with van der Waals surface area (Å²) in [6.45, 7) is 4.11. The van der Waals surface area contributed by atoms with Crippen molar-refractivity contribution in [1.82, 2.24) is 5.32 Å². The zero-order valence-corrected chi connectivity index (χ0v) is 15.6. The van der Waals surface area contributed by atoms with Crippen LogP contribution >= 0.6 is 0 Å². The first-order valence-electron chi connectivity index (χ1n) is 9.36. The molecule has 2 N–H and O–H groups in total. The Bertz CT molecular complexity index is 696. The maximum absolute atomic E-state index is 12.4. The van der Waals surface area contributed by atoms with Crippen molar-refractivity contribution in [2.75, 3.05) is 5.32 Å². The molecule has 0 bridgehead atoms. The van der Waals surface area contributed by atoms with Crippen LogP contribution in [0.25, 0.3) is 0 Å². The van der Waals surface area contributed by atoms with Crippen molar-refractivity contribution in [1.29, 1.82) is 0 Å². The standard InChI is InChI=1S/C22H28N2O2/c1-3-4-5-9-12-21(25)24-20-15-13-19(14-16-20)22(26)23-17(2)18-10-7-6-8-11-18/h6-8,10-11,13-17H,3-5,9,12H2,1-2H3,(H,23,26)(H,24,25). The highest BCUT2D eigenvalue weighted by atomic mass is 16.2. The number of benzene rings is 2. The van der Waals surface area contributed by atoms with Gasteiger partial charge in [0.05, 0.1) is 6.04 Å². The summed E-state index contributed by atoms with van der Waals surface area (Å²) in [5, 5.41) is 5.87. The van der Waals surface area contributed by atoms with Crippen molar-refractivity contribution < 1.29 is 9.59 Å². The van der Waals surface area contributed by atoms with Gasteiger partial charge in [-0.05, 0) is 43.2 Å². The van der Waals surface area contributed by atoms with Crippen molar-refractivity contribution in [3.63, 3.8) is 0 Å². The van der Waals surface area contributed by atoms with E-state index in [1.807, 2.05) is 37.3 Å². The van der Waals surface area contributed by atoms with Crippen LogP contribution in [0.1, 0.15) is 67.9 Å². The van der Waals surface area contributed by atoms with Gasteiger partial charge in [-0.3, -0.25) is 9.59 Å². The Kier molecular flexibility index (Phi) is 7.87. The molecule has 2 amide bonds. The molecular formula is C22H28N2O2. The number of unbranched alkanes of at least 4 members (excludes halogenated alkanes) is 3. The maximum atomic E-state index is 12.4. The number of carbonyl (C=O) groups excluding carboxylic acids is 2. The monoisotopic (exact) mass is 352 g/mol. The van der Waals surface area contributed by atoms with E-state index in [9.17, 15) is 9.59 Å². The first kappa shape index (κ1) is 19.7. The van der Waals surface area contributed by atoms with Crippen LogP contribution in [0.3, 0.4) is 0 Å². The van der Waals surface area contributed by atoms with E-state index in [0.29, 0.717) is 12.0 Å². The van der Waals surface area contributed by atoms with Gasteiger partial charge in [0.25, 0.3) is 5.91 Å². The Morgan fingerprint density at radius 3 is 2.27 bits per heavy atom. The molecule has 4 nitrogen and oxygen atoms in total. The molecule has 0 spiro atoms. The summed E-state index contributed by atoms with van der Waals surface area (Å²) in [5.41, 5.74) is 2.36. The molecule has 0 aliphatic rings. The van der Waals surface area contributed by atoms with E-state index >= 15 is 0 Å². The van der Waals surface area contributed by atoms with E-state index in [1.165, 1.54) is 6.42 Å². The number of hydrogen-bond acceptors (Lipinski definition) is 2. The summed E-state index contributed by atoms with van der Waals surface area (Å²) in [6.07, 6.45) is 4.86. The lowest BCUT2D eigenvalue weighted by atomic mass is 10.1. The molecular weight excluding hydrogens is 324 g/mol. The molecule has 2 aromatic carbocycles. The van der Waals surface area contributed by atoms with E-state index in [2.05, 4.69) is 17.6 Å². The average Bonchev–Trinajstić information content (AvgIpc) is 2.66. The number of carbonyl (C=O) groups is 2. The van der Waals surface area contributed by atoms with Crippen LogP contribution < -0.4 is 10.6 Å². The zero-order valence-electron chi connectivity index (χ0n) is 15.6. The first-order chi connectivity index (χ1) is 12.6. The van der Waals surface area contributed by atoms with Crippen molar-refractivity contribution in [2.45, 2.75) is 52.0 Å². The number of rotatable bonds is 9. The smallest absolute Gasteiger partial charge is 0.251 e. The summed E-state index contributed by atoms with van der Waals surface area (Å²) in [7, 11) is 0. The third-order valence-electron chi connectivity index (χ3n) is 4.34. The molecule has 0 aliphatic heterocycles. The minimum Gasteiger partial charge on any atom is -0.346 e. The normalized spacial score (nSPS) is 11.6. The number of hydrogen-bond donors (Lipinski definition) is 2. The van der Waals surface area contributed by atoms with Gasteiger partial charge in [-0.25, -0.2) is 0 Å². The van der Waals surface area contributed by atoms with Crippen molar-refractivity contribution in [2.24, 2.45) is 0 Å². The predicted octanol–water partition coefficient (Wildman–Crippen LogP) is 5.09. The van der Waals surface area contributed by atoms with Gasteiger partial charge < -0.3 is 10.6 Å². The van der Waals surface area contributed by atoms with Crippen LogP contribution in [0, 0.1) is 0 Å². The van der Waals surface area contributed by atoms with E-state index < -0.39 is 0 Å². The summed E-state index contributed by atoms with van der Waals surface area (Å²) in [5.74, 6) is -0.102. The average molecular weight is 352 g/mol. The SMILES string of the molecule is CCCCCCC(=O)Nc1ccc(C(=O)NC(C)c2ccccc2)cc1. The molecule has 2 rings (SSSR count). The minimum absolute atomic E-state index is 0.0241. The van der Waals surface area contributed by atoms with Gasteiger partial charge in [-0.1, -0.05) is 56.5 Å². The van der Waals surface area contributed by atoms with Gasteiger partial charge in [0.1, 0.15) is 0 Å². The lowest BCUT2D eigenvalue weighted by Gasteiger charge is -2.14. The molecule has 0 saturated heterocycles. The Morgan fingerprint density at radius 2 is 1.62 bits per heavy atom. The van der Waals surface area contributed by atoms with Gasteiger partial charge in [-0.15, -0.1) is 0 Å². The molecule has 0 fully saturated rings. The third-order valence-corrected chi connectivity index (χ3v) is 4.34. The Hall–Kier alpha value is -2.62. The summed E-state index contributed by atoms with van der Waals surface area (Å²) in [6, 6.07) is 16.8. The third kappa shape index (κ3) is 6.36. The van der Waals surface area contributed by atoms with Gasteiger partial charge in [0.2, 0.25) is 5.91 Å². The highest BCUT2D eigenvalue weighted by Crippen LogP contribution is 2.14. The largest absolute Gasteiger partial charge is 0.346 e. The Morgan fingerprint density at radius 1 is 0.923 bits per heavy atom. The van der Waals surface area contributed by atoms with Crippen molar-refractivity contribution in [3.8, 4) is 0 Å². The van der Waals surface area contributed by atoms with E-state index in [4.69, 9.17) is 0 Å². The van der Waals surface area contributed by atoms with Gasteiger partial charge >= 0.3 is 0 Å². The lowest BCUT2D eigenvalue weighted by Crippen LogP contribution is -2.26. The van der Waals surface area contributed by atoms with Crippen LogP contribution in [0.4, 0.5) is 5.69 Å². The highest BCUT2D eigenvalue weighted by Gasteiger charge is 2.11. The van der Waals surface area contributed by atoms with Crippen LogP contribution in [-0.2, 0) is 4.79 Å². The summed E-state index contributed by atoms with van der Waals surface area (Å²) >= 11 is 0.